The smallest absolute Gasteiger partial charge is 0.230 e. The highest BCUT2D eigenvalue weighted by Gasteiger charge is 2.19. The molecule has 1 aromatic carbocycles. The van der Waals surface area contributed by atoms with Crippen molar-refractivity contribution in [3.05, 3.63) is 34.4 Å². The van der Waals surface area contributed by atoms with E-state index < -0.39 is 0 Å². The summed E-state index contributed by atoms with van der Waals surface area (Å²) < 4.78 is 6.14. The summed E-state index contributed by atoms with van der Waals surface area (Å²) in [6, 6.07) is 8.00. The first kappa shape index (κ1) is 12.2. The van der Waals surface area contributed by atoms with Gasteiger partial charge in [-0.25, -0.2) is 0 Å². The minimum absolute atomic E-state index is 0.338. The Morgan fingerprint density at radius 3 is 2.88 bits per heavy atom. The molecule has 0 bridgehead atoms. The van der Waals surface area contributed by atoms with E-state index in [-0.39, 0.29) is 0 Å². The summed E-state index contributed by atoms with van der Waals surface area (Å²) in [7, 11) is 0. The fourth-order valence-corrected chi connectivity index (χ4v) is 2.18. The van der Waals surface area contributed by atoms with Crippen molar-refractivity contribution in [2.45, 2.75) is 26.2 Å². The van der Waals surface area contributed by atoms with Crippen molar-refractivity contribution in [3.8, 4) is 11.1 Å². The van der Waals surface area contributed by atoms with Crippen molar-refractivity contribution in [3.63, 3.8) is 0 Å². The molecule has 2 N–H and O–H groups in total. The normalized spacial score (nSPS) is 12.6. The molecule has 17 heavy (non-hydrogen) atoms. The molecule has 1 aromatic heterocycles. The van der Waals surface area contributed by atoms with Crippen molar-refractivity contribution in [1.29, 1.82) is 0 Å². The number of anilines is 1. The first-order valence-corrected chi connectivity index (χ1v) is 6.43. The van der Waals surface area contributed by atoms with Crippen LogP contribution >= 0.6 is 15.9 Å². The highest BCUT2D eigenvalue weighted by atomic mass is 79.9. The topological polar surface area (TPSA) is 52.0 Å². The van der Waals surface area contributed by atoms with E-state index in [1.54, 1.807) is 0 Å². The number of hydrogen-bond acceptors (Lipinski definition) is 3. The van der Waals surface area contributed by atoms with Crippen molar-refractivity contribution in [2.75, 3.05) is 5.73 Å². The van der Waals surface area contributed by atoms with Gasteiger partial charge in [-0.3, -0.25) is 0 Å². The molecule has 3 nitrogen and oxygen atoms in total. The lowest BCUT2D eigenvalue weighted by molar-refractivity contribution is 0.421. The maximum atomic E-state index is 5.87. The van der Waals surface area contributed by atoms with Gasteiger partial charge < -0.3 is 10.3 Å². The second-order valence-corrected chi connectivity index (χ2v) is 5.04. The summed E-state index contributed by atoms with van der Waals surface area (Å²) in [5.41, 5.74) is 8.76. The van der Waals surface area contributed by atoms with E-state index in [1.165, 1.54) is 0 Å². The van der Waals surface area contributed by atoms with E-state index in [2.05, 4.69) is 34.9 Å². The third-order valence-corrected chi connectivity index (χ3v) is 3.43. The van der Waals surface area contributed by atoms with E-state index in [0.29, 0.717) is 11.8 Å². The molecular formula is C13H15BrN2O. The fourth-order valence-electron chi connectivity index (χ4n) is 1.78. The highest BCUT2D eigenvalue weighted by Crippen LogP contribution is 2.35. The maximum absolute atomic E-state index is 5.87. The van der Waals surface area contributed by atoms with Gasteiger partial charge in [-0.15, -0.1) is 0 Å². The first-order chi connectivity index (χ1) is 8.13. The molecule has 0 amide bonds. The molecule has 90 valence electrons. The lowest BCUT2D eigenvalue weighted by atomic mass is 9.96. The van der Waals surface area contributed by atoms with E-state index >= 15 is 0 Å². The number of hydrogen-bond donors (Lipinski definition) is 1. The molecule has 0 saturated carbocycles. The number of benzene rings is 1. The Morgan fingerprint density at radius 1 is 1.47 bits per heavy atom. The minimum Gasteiger partial charge on any atom is -0.367 e. The Hall–Kier alpha value is -1.29. The highest BCUT2D eigenvalue weighted by molar-refractivity contribution is 9.10. The van der Waals surface area contributed by atoms with E-state index in [4.69, 9.17) is 10.3 Å². The molecule has 0 saturated heterocycles. The predicted molar refractivity (Wildman–Crippen MR) is 72.8 cm³/mol. The predicted octanol–water partition coefficient (Wildman–Crippen LogP) is 4.20. The Balaban J connectivity index is 2.54. The summed E-state index contributed by atoms with van der Waals surface area (Å²) in [6.45, 7) is 4.25. The molecule has 0 radical (unpaired) electrons. The molecule has 2 rings (SSSR count). The maximum Gasteiger partial charge on any atom is 0.230 e. The molecule has 0 aliphatic carbocycles. The van der Waals surface area contributed by atoms with Gasteiger partial charge in [-0.05, 0) is 24.1 Å². The SMILES string of the molecule is CCC(C)c1noc(N)c1-c1cccc(Br)c1. The number of nitrogens with two attached hydrogens (primary N) is 1. The zero-order valence-electron chi connectivity index (χ0n) is 9.90. The third-order valence-electron chi connectivity index (χ3n) is 2.94. The van der Waals surface area contributed by atoms with E-state index in [9.17, 15) is 0 Å². The molecule has 2 aromatic rings. The van der Waals surface area contributed by atoms with Crippen molar-refractivity contribution >= 4 is 21.8 Å². The number of halogens is 1. The lowest BCUT2D eigenvalue weighted by Crippen LogP contribution is -1.95. The molecule has 0 aliphatic heterocycles. The molecule has 0 fully saturated rings. The van der Waals surface area contributed by atoms with Gasteiger partial charge in [0, 0.05) is 10.4 Å². The first-order valence-electron chi connectivity index (χ1n) is 5.64. The van der Waals surface area contributed by atoms with Crippen LogP contribution in [0.3, 0.4) is 0 Å². The average molecular weight is 295 g/mol. The van der Waals surface area contributed by atoms with Gasteiger partial charge in [-0.2, -0.15) is 0 Å². The third kappa shape index (κ3) is 2.36. The summed E-state index contributed by atoms with van der Waals surface area (Å²) in [6.07, 6.45) is 1.01. The van der Waals surface area contributed by atoms with Crippen LogP contribution in [0.1, 0.15) is 31.9 Å². The molecule has 1 heterocycles. The second kappa shape index (κ2) is 4.92. The largest absolute Gasteiger partial charge is 0.367 e. The summed E-state index contributed by atoms with van der Waals surface area (Å²) in [5.74, 6) is 0.725. The number of nitrogens with zero attached hydrogens (tertiary/aromatic N) is 1. The van der Waals surface area contributed by atoms with Gasteiger partial charge in [0.25, 0.3) is 0 Å². The number of aromatic nitrogens is 1. The van der Waals surface area contributed by atoms with Crippen LogP contribution in [0.15, 0.2) is 33.3 Å². The second-order valence-electron chi connectivity index (χ2n) is 4.13. The summed E-state index contributed by atoms with van der Waals surface area (Å²) >= 11 is 3.46. The van der Waals surface area contributed by atoms with Crippen LogP contribution in [0.25, 0.3) is 11.1 Å². The van der Waals surface area contributed by atoms with Gasteiger partial charge in [0.1, 0.15) is 0 Å². The monoisotopic (exact) mass is 294 g/mol. The Morgan fingerprint density at radius 2 is 2.24 bits per heavy atom. The average Bonchev–Trinajstić information content (AvgIpc) is 2.70. The number of rotatable bonds is 3. The Bertz CT molecular complexity index is 522. The van der Waals surface area contributed by atoms with Crippen molar-refractivity contribution < 1.29 is 4.52 Å². The quantitative estimate of drug-likeness (QED) is 0.923. The molecule has 1 unspecified atom stereocenters. The van der Waals surface area contributed by atoms with Crippen LogP contribution in [0.2, 0.25) is 0 Å². The van der Waals surface area contributed by atoms with Crippen LogP contribution in [-0.2, 0) is 0 Å². The zero-order chi connectivity index (χ0) is 12.4. The zero-order valence-corrected chi connectivity index (χ0v) is 11.5. The van der Waals surface area contributed by atoms with Gasteiger partial charge in [-0.1, -0.05) is 47.1 Å². The van der Waals surface area contributed by atoms with Crippen LogP contribution in [-0.4, -0.2) is 5.16 Å². The molecule has 1 atom stereocenters. The van der Waals surface area contributed by atoms with Gasteiger partial charge in [0.2, 0.25) is 5.88 Å². The molecule has 4 heteroatoms. The van der Waals surface area contributed by atoms with Gasteiger partial charge >= 0.3 is 0 Å². The van der Waals surface area contributed by atoms with Crippen LogP contribution in [0, 0.1) is 0 Å². The van der Waals surface area contributed by atoms with Crippen LogP contribution in [0.5, 0.6) is 0 Å². The van der Waals surface area contributed by atoms with E-state index in [0.717, 1.165) is 27.7 Å². The lowest BCUT2D eigenvalue weighted by Gasteiger charge is -2.07. The van der Waals surface area contributed by atoms with E-state index in [1.807, 2.05) is 24.3 Å². The van der Waals surface area contributed by atoms with Crippen molar-refractivity contribution in [1.82, 2.24) is 5.16 Å². The molecule has 0 spiro atoms. The molecule has 0 aliphatic rings. The van der Waals surface area contributed by atoms with Crippen molar-refractivity contribution in [2.24, 2.45) is 0 Å². The Kier molecular flexibility index (Phi) is 3.52. The molecular weight excluding hydrogens is 280 g/mol. The van der Waals surface area contributed by atoms with Crippen LogP contribution in [0.4, 0.5) is 5.88 Å². The standard InChI is InChI=1S/C13H15BrN2O/c1-3-8(2)12-11(13(15)17-16-12)9-5-4-6-10(14)7-9/h4-8H,3,15H2,1-2H3. The summed E-state index contributed by atoms with van der Waals surface area (Å²) in [5, 5.41) is 4.08. The van der Waals surface area contributed by atoms with Crippen LogP contribution < -0.4 is 5.73 Å². The van der Waals surface area contributed by atoms with Gasteiger partial charge in [0.05, 0.1) is 11.3 Å². The number of nitrogen functional groups attached to an aromatic ring is 1. The summed E-state index contributed by atoms with van der Waals surface area (Å²) in [4.78, 5) is 0. The Labute approximate surface area is 109 Å². The fraction of sp³-hybridized carbons (Fsp3) is 0.308. The van der Waals surface area contributed by atoms with Gasteiger partial charge in [0.15, 0.2) is 0 Å². The minimum atomic E-state index is 0.338.